The van der Waals surface area contributed by atoms with Crippen LogP contribution in [0.25, 0.3) is 0 Å². The van der Waals surface area contributed by atoms with E-state index in [9.17, 15) is 4.79 Å². The summed E-state index contributed by atoms with van der Waals surface area (Å²) in [7, 11) is 0. The molecule has 0 spiro atoms. The predicted molar refractivity (Wildman–Crippen MR) is 92.1 cm³/mol. The lowest BCUT2D eigenvalue weighted by Crippen LogP contribution is -2.34. The molecule has 1 aromatic heterocycles. The molecule has 0 saturated carbocycles. The number of urea groups is 1. The van der Waals surface area contributed by atoms with E-state index in [0.29, 0.717) is 12.5 Å². The first-order valence-electron chi connectivity index (χ1n) is 8.24. The number of amides is 2. The van der Waals surface area contributed by atoms with Crippen LogP contribution in [0.5, 0.6) is 0 Å². The second kappa shape index (κ2) is 6.00. The summed E-state index contributed by atoms with van der Waals surface area (Å²) >= 11 is 0. The minimum atomic E-state index is -0.400. The Kier molecular flexibility index (Phi) is 3.69. The van der Waals surface area contributed by atoms with Crippen LogP contribution < -0.4 is 11.1 Å². The van der Waals surface area contributed by atoms with Gasteiger partial charge < -0.3 is 16.0 Å². The van der Waals surface area contributed by atoms with Crippen molar-refractivity contribution in [2.45, 2.75) is 24.9 Å². The molecule has 2 aromatic rings. The van der Waals surface area contributed by atoms with Gasteiger partial charge in [0.25, 0.3) is 0 Å². The molecular weight excluding hydrogens is 300 g/mol. The molecular formula is C19H20N4O. The number of rotatable bonds is 2. The van der Waals surface area contributed by atoms with Gasteiger partial charge in [-0.1, -0.05) is 36.4 Å². The minimum absolute atomic E-state index is 0.149. The van der Waals surface area contributed by atoms with Gasteiger partial charge in [-0.3, -0.25) is 4.98 Å². The maximum atomic E-state index is 11.9. The number of nitrogens with zero attached hydrogens (tertiary/aromatic N) is 2. The second-order valence-electron chi connectivity index (χ2n) is 6.30. The first-order valence-corrected chi connectivity index (χ1v) is 8.24. The molecule has 3 N–H and O–H groups in total. The van der Waals surface area contributed by atoms with Crippen LogP contribution in [0.15, 0.2) is 54.9 Å². The van der Waals surface area contributed by atoms with E-state index in [-0.39, 0.29) is 6.04 Å². The van der Waals surface area contributed by atoms with Crippen LogP contribution in [0.3, 0.4) is 0 Å². The Hall–Kier alpha value is -2.82. The van der Waals surface area contributed by atoms with E-state index in [1.165, 1.54) is 0 Å². The van der Waals surface area contributed by atoms with Gasteiger partial charge in [0.1, 0.15) is 0 Å². The summed E-state index contributed by atoms with van der Waals surface area (Å²) < 4.78 is 0. The van der Waals surface area contributed by atoms with Crippen molar-refractivity contribution in [3.63, 3.8) is 0 Å². The third kappa shape index (κ3) is 2.52. The molecule has 1 aromatic carbocycles. The topological polar surface area (TPSA) is 71.2 Å². The molecule has 24 heavy (non-hydrogen) atoms. The molecule has 0 bridgehead atoms. The Bertz CT molecular complexity index is 787. The Morgan fingerprint density at radius 1 is 1.29 bits per heavy atom. The average molecular weight is 320 g/mol. The molecule has 0 fully saturated rings. The molecule has 2 atom stereocenters. The monoisotopic (exact) mass is 320 g/mol. The highest BCUT2D eigenvalue weighted by atomic mass is 16.2. The van der Waals surface area contributed by atoms with E-state index in [4.69, 9.17) is 5.73 Å². The van der Waals surface area contributed by atoms with Crippen molar-refractivity contribution in [1.29, 1.82) is 0 Å². The van der Waals surface area contributed by atoms with Gasteiger partial charge in [-0.25, -0.2) is 4.79 Å². The van der Waals surface area contributed by atoms with Crippen LogP contribution in [0.2, 0.25) is 0 Å². The van der Waals surface area contributed by atoms with Crippen molar-refractivity contribution in [3.8, 4) is 0 Å². The number of hydrogen-bond acceptors (Lipinski definition) is 3. The SMILES string of the molecule is NC(=O)N1Cc2cc(C3C=CNCC3)ncc2C1c1ccccc1. The van der Waals surface area contributed by atoms with Crippen molar-refractivity contribution in [3.05, 3.63) is 77.3 Å². The van der Waals surface area contributed by atoms with Crippen molar-refractivity contribution < 1.29 is 4.79 Å². The summed E-state index contributed by atoms with van der Waals surface area (Å²) in [5.41, 5.74) is 9.96. The highest BCUT2D eigenvalue weighted by Crippen LogP contribution is 2.39. The van der Waals surface area contributed by atoms with E-state index in [2.05, 4.69) is 22.4 Å². The molecule has 5 heteroatoms. The molecule has 2 unspecified atom stereocenters. The van der Waals surface area contributed by atoms with Crippen LogP contribution in [-0.4, -0.2) is 22.5 Å². The van der Waals surface area contributed by atoms with Gasteiger partial charge in [0.15, 0.2) is 0 Å². The second-order valence-corrected chi connectivity index (χ2v) is 6.30. The summed E-state index contributed by atoms with van der Waals surface area (Å²) in [6, 6.07) is 11.6. The highest BCUT2D eigenvalue weighted by Gasteiger charge is 2.34. The quantitative estimate of drug-likeness (QED) is 0.893. The summed E-state index contributed by atoms with van der Waals surface area (Å²) in [6.07, 6.45) is 7.09. The number of nitrogens with one attached hydrogen (secondary N) is 1. The van der Waals surface area contributed by atoms with E-state index in [0.717, 1.165) is 35.3 Å². The molecule has 5 nitrogen and oxygen atoms in total. The molecule has 2 aliphatic heterocycles. The van der Waals surface area contributed by atoms with E-state index in [1.54, 1.807) is 4.90 Å². The molecule has 2 aliphatic rings. The normalized spacial score (nSPS) is 22.1. The van der Waals surface area contributed by atoms with Gasteiger partial charge in [-0.15, -0.1) is 0 Å². The third-order valence-corrected chi connectivity index (χ3v) is 4.82. The third-order valence-electron chi connectivity index (χ3n) is 4.82. The molecule has 0 saturated heterocycles. The minimum Gasteiger partial charge on any atom is -0.391 e. The zero-order valence-electron chi connectivity index (χ0n) is 13.4. The number of hydrogen-bond donors (Lipinski definition) is 2. The molecule has 4 rings (SSSR count). The lowest BCUT2D eigenvalue weighted by atomic mass is 9.95. The van der Waals surface area contributed by atoms with Crippen LogP contribution >= 0.6 is 0 Å². The van der Waals surface area contributed by atoms with E-state index >= 15 is 0 Å². The Labute approximate surface area is 141 Å². The molecule has 122 valence electrons. The maximum absolute atomic E-state index is 11.9. The van der Waals surface area contributed by atoms with Crippen molar-refractivity contribution >= 4 is 6.03 Å². The first-order chi connectivity index (χ1) is 11.7. The number of nitrogens with two attached hydrogens (primary N) is 1. The van der Waals surface area contributed by atoms with Gasteiger partial charge in [-0.2, -0.15) is 0 Å². The number of carbonyl (C=O) groups excluding carboxylic acids is 1. The summed E-state index contributed by atoms with van der Waals surface area (Å²) in [6.45, 7) is 1.49. The van der Waals surface area contributed by atoms with Crippen LogP contribution in [0.4, 0.5) is 4.79 Å². The van der Waals surface area contributed by atoms with Gasteiger partial charge in [0, 0.05) is 36.5 Å². The summed E-state index contributed by atoms with van der Waals surface area (Å²) in [5, 5.41) is 3.21. The Morgan fingerprint density at radius 3 is 2.83 bits per heavy atom. The van der Waals surface area contributed by atoms with Gasteiger partial charge in [0.2, 0.25) is 0 Å². The number of carbonyl (C=O) groups is 1. The number of pyridine rings is 1. The van der Waals surface area contributed by atoms with Gasteiger partial charge in [0.05, 0.1) is 6.04 Å². The van der Waals surface area contributed by atoms with E-state index < -0.39 is 6.03 Å². The van der Waals surface area contributed by atoms with Gasteiger partial charge >= 0.3 is 6.03 Å². The number of benzene rings is 1. The smallest absolute Gasteiger partial charge is 0.315 e. The molecule has 0 aliphatic carbocycles. The number of allylic oxidation sites excluding steroid dienone is 1. The zero-order chi connectivity index (χ0) is 16.5. The molecule has 0 radical (unpaired) electrons. The summed E-state index contributed by atoms with van der Waals surface area (Å²) in [5.74, 6) is 0.328. The Morgan fingerprint density at radius 2 is 2.12 bits per heavy atom. The maximum Gasteiger partial charge on any atom is 0.315 e. The summed E-state index contributed by atoms with van der Waals surface area (Å²) in [4.78, 5) is 18.3. The number of primary amides is 1. The lowest BCUT2D eigenvalue weighted by Gasteiger charge is -2.23. The van der Waals surface area contributed by atoms with E-state index in [1.807, 2.05) is 42.7 Å². The highest BCUT2D eigenvalue weighted by molar-refractivity contribution is 5.74. The van der Waals surface area contributed by atoms with Crippen molar-refractivity contribution in [2.75, 3.05) is 6.54 Å². The zero-order valence-corrected chi connectivity index (χ0v) is 13.4. The lowest BCUT2D eigenvalue weighted by molar-refractivity contribution is 0.199. The molecule has 2 amide bonds. The van der Waals surface area contributed by atoms with Crippen LogP contribution in [0.1, 0.15) is 40.8 Å². The predicted octanol–water partition coefficient (Wildman–Crippen LogP) is 2.66. The first kappa shape index (κ1) is 14.8. The van der Waals surface area contributed by atoms with Gasteiger partial charge in [-0.05, 0) is 29.8 Å². The fraction of sp³-hybridized carbons (Fsp3) is 0.263. The Balaban J connectivity index is 1.74. The average Bonchev–Trinajstić information content (AvgIpc) is 3.02. The largest absolute Gasteiger partial charge is 0.391 e. The number of aromatic nitrogens is 1. The molecule has 3 heterocycles. The fourth-order valence-electron chi connectivity index (χ4n) is 3.60. The van der Waals surface area contributed by atoms with Crippen molar-refractivity contribution in [1.82, 2.24) is 15.2 Å². The number of fused-ring (bicyclic) bond motifs is 1. The fourth-order valence-corrected chi connectivity index (χ4v) is 3.60. The van der Waals surface area contributed by atoms with Crippen LogP contribution in [0, 0.1) is 0 Å². The van der Waals surface area contributed by atoms with Crippen molar-refractivity contribution in [2.24, 2.45) is 5.73 Å². The standard InChI is InChI=1S/C19H20N4O/c20-19(24)23-12-15-10-17(13-6-8-21-9-7-13)22-11-16(15)18(23)14-4-2-1-3-5-14/h1-6,8,10-11,13,18,21H,7,9,12H2,(H2,20,24). The van der Waals surface area contributed by atoms with Crippen LogP contribution in [-0.2, 0) is 6.54 Å².